The fourth-order valence-corrected chi connectivity index (χ4v) is 3.29. The van der Waals surface area contributed by atoms with Crippen LogP contribution in [0.3, 0.4) is 0 Å². The Labute approximate surface area is 139 Å². The molecule has 0 saturated heterocycles. The van der Waals surface area contributed by atoms with E-state index in [1.165, 1.54) is 37.0 Å². The number of rotatable bonds is 2. The van der Waals surface area contributed by atoms with Crippen LogP contribution >= 0.6 is 0 Å². The van der Waals surface area contributed by atoms with Crippen molar-refractivity contribution in [2.24, 2.45) is 0 Å². The predicted molar refractivity (Wildman–Crippen MR) is 79.3 cm³/mol. The third-order valence-corrected chi connectivity index (χ3v) is 4.55. The fraction of sp³-hybridized carbons (Fsp3) is 0.471. The lowest BCUT2D eigenvalue weighted by Crippen LogP contribution is -3.00. The Bertz CT molecular complexity index is 519. The quantitative estimate of drug-likeness (QED) is 0.536. The minimum Gasteiger partial charge on any atom is -1.00 e. The van der Waals surface area contributed by atoms with Gasteiger partial charge < -0.3 is 24.0 Å². The molecule has 0 aromatic heterocycles. The van der Waals surface area contributed by atoms with Gasteiger partial charge in [-0.3, -0.25) is 0 Å². The molecule has 3 rings (SSSR count). The Morgan fingerprint density at radius 1 is 1.15 bits per heavy atom. The van der Waals surface area contributed by atoms with Crippen molar-refractivity contribution < 1.29 is 28.7 Å². The monoisotopic (exact) mass is 382 g/mol. The molecule has 0 spiro atoms. The van der Waals surface area contributed by atoms with Crippen LogP contribution < -0.4 is 24.0 Å². The lowest BCUT2D eigenvalue weighted by atomic mass is 9.92. The van der Waals surface area contributed by atoms with E-state index in [0.29, 0.717) is 6.04 Å². The third kappa shape index (κ3) is 2.92. The standard InChI is InChI=1S/C17H23N2.HI/c1-18-16(14-9-5-3-6-10-14)13-17(19(18)2)15-11-7-4-8-12-15;/h3,5-6,9-11,16H,4,7-8,12-13H2,1-2H3;1H/q+1;/p-1. The van der Waals surface area contributed by atoms with E-state index >= 15 is 0 Å². The third-order valence-electron chi connectivity index (χ3n) is 4.55. The minimum atomic E-state index is 0. The summed E-state index contributed by atoms with van der Waals surface area (Å²) in [6, 6.07) is 11.3. The zero-order valence-electron chi connectivity index (χ0n) is 12.3. The summed E-state index contributed by atoms with van der Waals surface area (Å²) in [5.41, 5.74) is 4.53. The predicted octanol–water partition coefficient (Wildman–Crippen LogP) is 0.566. The summed E-state index contributed by atoms with van der Waals surface area (Å²) in [5.74, 6) is 0. The molecular formula is C17H23IN2. The van der Waals surface area contributed by atoms with Crippen molar-refractivity contribution in [3.8, 4) is 0 Å². The topological polar surface area (TPSA) is 6.25 Å². The molecule has 0 saturated carbocycles. The first kappa shape index (κ1) is 15.5. The number of allylic oxidation sites excluding steroid dienone is 2. The molecule has 0 bridgehead atoms. The molecule has 1 aromatic carbocycles. The van der Waals surface area contributed by atoms with Gasteiger partial charge in [-0.1, -0.05) is 36.4 Å². The van der Waals surface area contributed by atoms with Crippen LogP contribution in [0.15, 0.2) is 42.0 Å². The zero-order chi connectivity index (χ0) is 13.2. The number of benzene rings is 1. The van der Waals surface area contributed by atoms with Crippen molar-refractivity contribution >= 4 is 5.71 Å². The number of hydrazone groups is 1. The van der Waals surface area contributed by atoms with Gasteiger partial charge in [-0.15, -0.1) is 4.68 Å². The minimum absolute atomic E-state index is 0. The van der Waals surface area contributed by atoms with Crippen molar-refractivity contribution in [3.63, 3.8) is 0 Å². The summed E-state index contributed by atoms with van der Waals surface area (Å²) in [4.78, 5) is 0. The average molecular weight is 382 g/mol. The van der Waals surface area contributed by atoms with Gasteiger partial charge >= 0.3 is 0 Å². The highest BCUT2D eigenvalue weighted by Gasteiger charge is 2.37. The first-order chi connectivity index (χ1) is 9.27. The van der Waals surface area contributed by atoms with Gasteiger partial charge in [0, 0.05) is 5.57 Å². The highest BCUT2D eigenvalue weighted by atomic mass is 127. The maximum atomic E-state index is 2.45. The van der Waals surface area contributed by atoms with Gasteiger partial charge in [-0.2, -0.15) is 5.01 Å². The number of hydrogen-bond donors (Lipinski definition) is 0. The van der Waals surface area contributed by atoms with Crippen molar-refractivity contribution in [1.29, 1.82) is 0 Å². The Balaban J connectivity index is 0.00000147. The fourth-order valence-electron chi connectivity index (χ4n) is 3.29. The molecule has 0 N–H and O–H groups in total. The molecule has 2 nitrogen and oxygen atoms in total. The molecule has 1 atom stereocenters. The summed E-state index contributed by atoms with van der Waals surface area (Å²) >= 11 is 0. The lowest BCUT2D eigenvalue weighted by molar-refractivity contribution is -0.660. The smallest absolute Gasteiger partial charge is 0.211 e. The van der Waals surface area contributed by atoms with Crippen LogP contribution in [-0.2, 0) is 0 Å². The molecule has 1 aliphatic carbocycles. The van der Waals surface area contributed by atoms with E-state index in [2.05, 4.69) is 60.2 Å². The number of hydrogen-bond acceptors (Lipinski definition) is 1. The molecule has 1 aromatic rings. The highest BCUT2D eigenvalue weighted by Crippen LogP contribution is 2.32. The van der Waals surface area contributed by atoms with E-state index in [1.807, 2.05) is 0 Å². The van der Waals surface area contributed by atoms with Crippen molar-refractivity contribution in [2.45, 2.75) is 38.1 Å². The van der Waals surface area contributed by atoms with Gasteiger partial charge in [-0.25, -0.2) is 0 Å². The zero-order valence-corrected chi connectivity index (χ0v) is 14.5. The molecule has 108 valence electrons. The van der Waals surface area contributed by atoms with Crippen LogP contribution in [0.1, 0.15) is 43.7 Å². The van der Waals surface area contributed by atoms with E-state index in [0.717, 1.165) is 6.42 Å². The van der Waals surface area contributed by atoms with E-state index in [1.54, 1.807) is 5.57 Å². The lowest BCUT2D eigenvalue weighted by Gasteiger charge is -2.17. The second kappa shape index (κ2) is 6.74. The molecule has 20 heavy (non-hydrogen) atoms. The van der Waals surface area contributed by atoms with Crippen molar-refractivity contribution in [3.05, 3.63) is 47.5 Å². The summed E-state index contributed by atoms with van der Waals surface area (Å²) in [6.07, 6.45) is 8.82. The van der Waals surface area contributed by atoms with Gasteiger partial charge in [0.15, 0.2) is 7.05 Å². The van der Waals surface area contributed by atoms with E-state index < -0.39 is 0 Å². The molecule has 1 unspecified atom stereocenters. The van der Waals surface area contributed by atoms with E-state index in [4.69, 9.17) is 0 Å². The second-order valence-corrected chi connectivity index (χ2v) is 5.65. The second-order valence-electron chi connectivity index (χ2n) is 5.65. The van der Waals surface area contributed by atoms with Crippen LogP contribution in [0.2, 0.25) is 0 Å². The first-order valence-electron chi connectivity index (χ1n) is 7.34. The normalized spacial score (nSPS) is 22.6. The number of nitrogens with zero attached hydrogens (tertiary/aromatic N) is 2. The molecule has 0 fully saturated rings. The summed E-state index contributed by atoms with van der Waals surface area (Å²) in [6.45, 7) is 0. The Kier molecular flexibility index (Phi) is 5.24. The van der Waals surface area contributed by atoms with Crippen LogP contribution in [0.25, 0.3) is 0 Å². The summed E-state index contributed by atoms with van der Waals surface area (Å²) < 4.78 is 2.36. The average Bonchev–Trinajstić information content (AvgIpc) is 2.77. The molecule has 0 radical (unpaired) electrons. The van der Waals surface area contributed by atoms with Crippen LogP contribution in [0.5, 0.6) is 0 Å². The number of hydrazine groups is 1. The van der Waals surface area contributed by atoms with Gasteiger partial charge in [0.25, 0.3) is 0 Å². The molecule has 2 aliphatic rings. The van der Waals surface area contributed by atoms with Crippen molar-refractivity contribution in [2.75, 3.05) is 14.1 Å². The molecule has 1 heterocycles. The first-order valence-corrected chi connectivity index (χ1v) is 7.34. The molecule has 0 amide bonds. The van der Waals surface area contributed by atoms with Gasteiger partial charge in [0.2, 0.25) is 5.71 Å². The summed E-state index contributed by atoms with van der Waals surface area (Å²) in [5, 5.41) is 2.38. The maximum absolute atomic E-state index is 2.45. The van der Waals surface area contributed by atoms with Gasteiger partial charge in [-0.05, 0) is 31.2 Å². The van der Waals surface area contributed by atoms with E-state index in [-0.39, 0.29) is 24.0 Å². The number of halogens is 1. The highest BCUT2D eigenvalue weighted by molar-refractivity contribution is 5.97. The Morgan fingerprint density at radius 2 is 1.90 bits per heavy atom. The van der Waals surface area contributed by atoms with Crippen LogP contribution in [-0.4, -0.2) is 29.5 Å². The SMILES string of the molecule is CN1C(c2ccccc2)CC(C2=CCCCC2)=[N+]1C.[I-]. The Morgan fingerprint density at radius 3 is 2.55 bits per heavy atom. The Hall–Kier alpha value is -0.840. The van der Waals surface area contributed by atoms with Gasteiger partial charge in [0.1, 0.15) is 6.04 Å². The largest absolute Gasteiger partial charge is 1.00 e. The van der Waals surface area contributed by atoms with Crippen LogP contribution in [0, 0.1) is 0 Å². The molecular weight excluding hydrogens is 359 g/mol. The molecule has 3 heteroatoms. The van der Waals surface area contributed by atoms with Crippen LogP contribution in [0.4, 0.5) is 0 Å². The molecule has 1 aliphatic heterocycles. The van der Waals surface area contributed by atoms with Gasteiger partial charge in [0.05, 0.1) is 13.5 Å². The van der Waals surface area contributed by atoms with E-state index in [9.17, 15) is 0 Å². The maximum Gasteiger partial charge on any atom is 0.211 e. The van der Waals surface area contributed by atoms with Crippen molar-refractivity contribution in [1.82, 2.24) is 5.01 Å². The summed E-state index contributed by atoms with van der Waals surface area (Å²) in [7, 11) is 4.40.